The Morgan fingerprint density at radius 3 is 2.81 bits per heavy atom. The molecule has 3 heterocycles. The van der Waals surface area contributed by atoms with Crippen molar-refractivity contribution in [1.82, 2.24) is 9.55 Å². The molecule has 14 heteroatoms. The SMILES string of the molecule is O=c1nc(NP2(=O)OCC(c3cccc(Br)c3)O2)ccn1[C@@H]1O[C@H](CO)[C@@H](O)C1(F)F. The lowest BCUT2D eigenvalue weighted by Crippen LogP contribution is -2.41. The molecule has 168 valence electrons. The summed E-state index contributed by atoms with van der Waals surface area (Å²) in [5.74, 6) is -4.06. The number of halogens is 3. The molecule has 0 spiro atoms. The Bertz CT molecular complexity index is 1090. The Morgan fingerprint density at radius 1 is 1.39 bits per heavy atom. The molecule has 0 saturated carbocycles. The van der Waals surface area contributed by atoms with E-state index in [9.17, 15) is 23.2 Å². The standard InChI is InChI=1S/C17H17BrF2N3O7P/c18-10-3-1-2-9(6-10)12-8-28-31(27,30-12)22-13-4-5-23(16(26)21-13)15-17(19,20)14(25)11(7-24)29-15/h1-6,11-12,14-15,24-25H,7-8H2,(H,21,22,26,27)/t11-,12?,14-,15-,31?/m1/s1. The number of aliphatic hydroxyl groups excluding tert-OH is 2. The Labute approximate surface area is 182 Å². The first kappa shape index (κ1) is 22.5. The van der Waals surface area contributed by atoms with Crippen LogP contribution in [0.1, 0.15) is 17.9 Å². The van der Waals surface area contributed by atoms with Crippen molar-refractivity contribution in [2.45, 2.75) is 30.5 Å². The number of anilines is 1. The highest BCUT2D eigenvalue weighted by molar-refractivity contribution is 9.10. The molecule has 2 saturated heterocycles. The molecule has 0 bridgehead atoms. The van der Waals surface area contributed by atoms with Crippen LogP contribution in [0.5, 0.6) is 0 Å². The van der Waals surface area contributed by atoms with Gasteiger partial charge in [-0.25, -0.2) is 9.36 Å². The van der Waals surface area contributed by atoms with Crippen molar-refractivity contribution in [3.8, 4) is 0 Å². The highest BCUT2D eigenvalue weighted by Crippen LogP contribution is 2.57. The van der Waals surface area contributed by atoms with Crippen LogP contribution in [0.4, 0.5) is 14.6 Å². The molecule has 1 aromatic carbocycles. The maximum atomic E-state index is 14.2. The average Bonchev–Trinajstić information content (AvgIpc) is 3.20. The smallest absolute Gasteiger partial charge is 0.394 e. The van der Waals surface area contributed by atoms with Gasteiger partial charge in [-0.1, -0.05) is 28.1 Å². The van der Waals surface area contributed by atoms with E-state index in [2.05, 4.69) is 26.0 Å². The number of nitrogens with one attached hydrogen (secondary N) is 1. The largest absolute Gasteiger partial charge is 0.434 e. The predicted molar refractivity (Wildman–Crippen MR) is 106 cm³/mol. The molecule has 4 rings (SSSR count). The van der Waals surface area contributed by atoms with Crippen LogP contribution in [0.25, 0.3) is 0 Å². The zero-order chi connectivity index (χ0) is 22.4. The molecule has 5 atom stereocenters. The van der Waals surface area contributed by atoms with E-state index in [-0.39, 0.29) is 12.4 Å². The summed E-state index contributed by atoms with van der Waals surface area (Å²) in [6.07, 6.45) is -5.70. The monoisotopic (exact) mass is 523 g/mol. The van der Waals surface area contributed by atoms with Crippen LogP contribution >= 0.6 is 23.7 Å². The molecule has 2 fully saturated rings. The summed E-state index contributed by atoms with van der Waals surface area (Å²) in [5, 5.41) is 21.1. The number of ether oxygens (including phenoxy) is 1. The molecule has 2 aromatic rings. The van der Waals surface area contributed by atoms with Gasteiger partial charge in [-0.15, -0.1) is 0 Å². The molecular formula is C17H17BrF2N3O7P. The molecular weight excluding hydrogens is 507 g/mol. The molecule has 2 aliphatic rings. The van der Waals surface area contributed by atoms with E-state index >= 15 is 0 Å². The van der Waals surface area contributed by atoms with Gasteiger partial charge in [-0.3, -0.25) is 18.7 Å². The Morgan fingerprint density at radius 2 is 2.16 bits per heavy atom. The van der Waals surface area contributed by atoms with Crippen LogP contribution in [0.15, 0.2) is 45.8 Å². The fourth-order valence-corrected chi connectivity index (χ4v) is 5.08. The number of alkyl halides is 2. The van der Waals surface area contributed by atoms with Crippen LogP contribution in [0, 0.1) is 0 Å². The van der Waals surface area contributed by atoms with Crippen LogP contribution in [-0.4, -0.2) is 51.1 Å². The second kappa shape index (κ2) is 8.32. The third kappa shape index (κ3) is 4.31. The highest BCUT2D eigenvalue weighted by Gasteiger charge is 2.59. The first-order valence-corrected chi connectivity index (χ1v) is 11.3. The van der Waals surface area contributed by atoms with Gasteiger partial charge < -0.3 is 14.9 Å². The van der Waals surface area contributed by atoms with Crippen molar-refractivity contribution in [3.05, 3.63) is 57.0 Å². The van der Waals surface area contributed by atoms with Gasteiger partial charge in [0.1, 0.15) is 18.0 Å². The van der Waals surface area contributed by atoms with Crippen molar-refractivity contribution in [3.63, 3.8) is 0 Å². The first-order chi connectivity index (χ1) is 14.6. The Kier molecular flexibility index (Phi) is 6.03. The molecule has 0 aliphatic carbocycles. The summed E-state index contributed by atoms with van der Waals surface area (Å²) in [6.45, 7) is -0.869. The summed E-state index contributed by atoms with van der Waals surface area (Å²) >= 11 is 3.33. The summed E-state index contributed by atoms with van der Waals surface area (Å²) in [6, 6.07) is 8.25. The minimum absolute atomic E-state index is 0.0135. The van der Waals surface area contributed by atoms with Crippen molar-refractivity contribution in [1.29, 1.82) is 0 Å². The lowest BCUT2D eigenvalue weighted by Gasteiger charge is -2.21. The number of hydrogen-bond donors (Lipinski definition) is 3. The molecule has 2 unspecified atom stereocenters. The Hall–Kier alpha value is -1.73. The van der Waals surface area contributed by atoms with E-state index in [1.54, 1.807) is 18.2 Å². The highest BCUT2D eigenvalue weighted by atomic mass is 79.9. The van der Waals surface area contributed by atoms with E-state index in [0.717, 1.165) is 22.3 Å². The quantitative estimate of drug-likeness (QED) is 0.504. The molecule has 0 radical (unpaired) electrons. The van der Waals surface area contributed by atoms with Crippen LogP contribution in [0.2, 0.25) is 0 Å². The minimum Gasteiger partial charge on any atom is -0.394 e. The van der Waals surface area contributed by atoms with Gasteiger partial charge in [0.15, 0.2) is 6.10 Å². The van der Waals surface area contributed by atoms with Gasteiger partial charge in [-0.2, -0.15) is 13.8 Å². The fourth-order valence-electron chi connectivity index (χ4n) is 3.23. The second-order valence-electron chi connectivity index (χ2n) is 6.89. The number of hydrogen-bond acceptors (Lipinski definition) is 8. The number of rotatable bonds is 5. The lowest BCUT2D eigenvalue weighted by molar-refractivity contribution is -0.140. The Balaban J connectivity index is 1.50. The average molecular weight is 524 g/mol. The second-order valence-corrected chi connectivity index (χ2v) is 9.49. The molecule has 2 aliphatic heterocycles. The topological polar surface area (TPSA) is 132 Å². The van der Waals surface area contributed by atoms with Crippen LogP contribution in [-0.2, 0) is 18.3 Å². The summed E-state index contributed by atoms with van der Waals surface area (Å²) in [4.78, 5) is 15.9. The molecule has 31 heavy (non-hydrogen) atoms. The van der Waals surface area contributed by atoms with Crippen molar-refractivity contribution in [2.24, 2.45) is 0 Å². The van der Waals surface area contributed by atoms with Gasteiger partial charge >= 0.3 is 19.4 Å². The first-order valence-electron chi connectivity index (χ1n) is 9.01. The van der Waals surface area contributed by atoms with Gasteiger partial charge in [0, 0.05) is 10.7 Å². The summed E-state index contributed by atoms with van der Waals surface area (Å²) in [7, 11) is -3.87. The number of nitrogens with zero attached hydrogens (tertiary/aromatic N) is 2. The van der Waals surface area contributed by atoms with Crippen molar-refractivity contribution >= 4 is 29.5 Å². The lowest BCUT2D eigenvalue weighted by atomic mass is 10.1. The maximum absolute atomic E-state index is 14.2. The van der Waals surface area contributed by atoms with Gasteiger partial charge in [0.25, 0.3) is 0 Å². The van der Waals surface area contributed by atoms with Gasteiger partial charge in [0.2, 0.25) is 6.23 Å². The molecule has 1 aromatic heterocycles. The van der Waals surface area contributed by atoms with E-state index in [4.69, 9.17) is 18.9 Å². The predicted octanol–water partition coefficient (Wildman–Crippen LogP) is 2.20. The minimum atomic E-state index is -3.87. The zero-order valence-corrected chi connectivity index (χ0v) is 18.1. The summed E-state index contributed by atoms with van der Waals surface area (Å²) < 4.78 is 58.2. The van der Waals surface area contributed by atoms with E-state index in [1.165, 1.54) is 0 Å². The third-order valence-corrected chi connectivity index (χ3v) is 6.79. The van der Waals surface area contributed by atoms with Crippen molar-refractivity contribution < 1.29 is 37.3 Å². The van der Waals surface area contributed by atoms with E-state index in [0.29, 0.717) is 4.57 Å². The number of aliphatic hydroxyl groups is 2. The molecule has 10 nitrogen and oxygen atoms in total. The van der Waals surface area contributed by atoms with Gasteiger partial charge in [0.05, 0.1) is 13.2 Å². The fraction of sp³-hybridized carbons (Fsp3) is 0.412. The molecule has 3 N–H and O–H groups in total. The normalized spacial score (nSPS) is 32.3. The summed E-state index contributed by atoms with van der Waals surface area (Å²) in [5.41, 5.74) is -0.440. The molecule has 0 amide bonds. The van der Waals surface area contributed by atoms with E-state index in [1.807, 2.05) is 6.07 Å². The van der Waals surface area contributed by atoms with Gasteiger partial charge in [-0.05, 0) is 23.8 Å². The number of benzene rings is 1. The maximum Gasteiger partial charge on any atom is 0.434 e. The van der Waals surface area contributed by atoms with Crippen molar-refractivity contribution in [2.75, 3.05) is 18.3 Å². The third-order valence-electron chi connectivity index (χ3n) is 4.78. The van der Waals surface area contributed by atoms with E-state index < -0.39 is 50.5 Å². The van der Waals surface area contributed by atoms with Crippen LogP contribution < -0.4 is 10.8 Å². The van der Waals surface area contributed by atoms with Crippen LogP contribution in [0.3, 0.4) is 0 Å². The number of aromatic nitrogens is 2. The zero-order valence-electron chi connectivity index (χ0n) is 15.6.